The minimum atomic E-state index is -0.427. The number of nitrogens with one attached hydrogen (secondary N) is 1. The van der Waals surface area contributed by atoms with Crippen molar-refractivity contribution < 1.29 is 9.32 Å². The summed E-state index contributed by atoms with van der Waals surface area (Å²) in [5.74, 6) is -0.343. The topological polar surface area (TPSA) is 68.0 Å². The third-order valence-corrected chi connectivity index (χ3v) is 3.35. The monoisotopic (exact) mass is 313 g/mol. The van der Waals surface area contributed by atoms with Gasteiger partial charge < -0.3 is 9.84 Å². The van der Waals surface area contributed by atoms with E-state index in [1.54, 1.807) is 18.3 Å². The Morgan fingerprint density at radius 2 is 2.09 bits per heavy atom. The quantitative estimate of drug-likeness (QED) is 0.803. The molecule has 5 nitrogen and oxygen atoms in total. The number of hydrogen-bond acceptors (Lipinski definition) is 4. The van der Waals surface area contributed by atoms with E-state index in [0.29, 0.717) is 10.7 Å². The first kappa shape index (κ1) is 14.3. The zero-order valence-electron chi connectivity index (χ0n) is 11.4. The Bertz CT molecular complexity index is 760. The third-order valence-electron chi connectivity index (χ3n) is 3.11. The number of carbonyl (C=O) groups excluding carboxylic acids is 1. The van der Waals surface area contributed by atoms with Gasteiger partial charge in [0.1, 0.15) is 6.26 Å². The van der Waals surface area contributed by atoms with Crippen LogP contribution >= 0.6 is 11.6 Å². The van der Waals surface area contributed by atoms with Crippen molar-refractivity contribution in [2.24, 2.45) is 0 Å². The van der Waals surface area contributed by atoms with E-state index < -0.39 is 6.04 Å². The summed E-state index contributed by atoms with van der Waals surface area (Å²) in [5, 5.41) is 7.13. The van der Waals surface area contributed by atoms with Gasteiger partial charge in [-0.25, -0.2) is 0 Å². The first-order valence-corrected chi connectivity index (χ1v) is 6.99. The van der Waals surface area contributed by atoms with Crippen molar-refractivity contribution in [1.29, 1.82) is 0 Å². The normalized spacial score (nSPS) is 11.9. The maximum atomic E-state index is 12.3. The zero-order valence-corrected chi connectivity index (χ0v) is 12.2. The van der Waals surface area contributed by atoms with Gasteiger partial charge in [-0.1, -0.05) is 35.0 Å². The number of halogens is 1. The Morgan fingerprint density at radius 1 is 1.18 bits per heavy atom. The number of benzene rings is 1. The molecule has 22 heavy (non-hydrogen) atoms. The van der Waals surface area contributed by atoms with Gasteiger partial charge >= 0.3 is 0 Å². The Labute approximate surface area is 131 Å². The summed E-state index contributed by atoms with van der Waals surface area (Å²) < 4.78 is 4.70. The van der Waals surface area contributed by atoms with Crippen LogP contribution in [-0.2, 0) is 0 Å². The fourth-order valence-electron chi connectivity index (χ4n) is 2.10. The average Bonchev–Trinajstić information content (AvgIpc) is 3.08. The second-order valence-electron chi connectivity index (χ2n) is 4.60. The minimum Gasteiger partial charge on any atom is -0.364 e. The molecule has 6 heteroatoms. The average molecular weight is 314 g/mol. The van der Waals surface area contributed by atoms with E-state index in [1.807, 2.05) is 30.3 Å². The van der Waals surface area contributed by atoms with E-state index in [2.05, 4.69) is 15.5 Å². The van der Waals surface area contributed by atoms with Crippen molar-refractivity contribution in [3.63, 3.8) is 0 Å². The lowest BCUT2D eigenvalue weighted by Gasteiger charge is -2.18. The Morgan fingerprint density at radius 3 is 2.77 bits per heavy atom. The van der Waals surface area contributed by atoms with Gasteiger partial charge in [-0.3, -0.25) is 9.78 Å². The second-order valence-corrected chi connectivity index (χ2v) is 5.04. The Balaban J connectivity index is 1.95. The lowest BCUT2D eigenvalue weighted by Crippen LogP contribution is -2.30. The van der Waals surface area contributed by atoms with Crippen LogP contribution < -0.4 is 5.32 Å². The van der Waals surface area contributed by atoms with Gasteiger partial charge in [-0.2, -0.15) is 0 Å². The van der Waals surface area contributed by atoms with Crippen molar-refractivity contribution in [1.82, 2.24) is 15.5 Å². The van der Waals surface area contributed by atoms with Gasteiger partial charge in [0.25, 0.3) is 5.91 Å². The molecular weight excluding hydrogens is 302 g/mol. The summed E-state index contributed by atoms with van der Waals surface area (Å²) in [4.78, 5) is 16.6. The molecule has 0 fully saturated rings. The summed E-state index contributed by atoms with van der Waals surface area (Å²) in [7, 11) is 0. The van der Waals surface area contributed by atoms with E-state index in [0.717, 1.165) is 5.56 Å². The number of rotatable bonds is 4. The highest BCUT2D eigenvalue weighted by molar-refractivity contribution is 6.30. The summed E-state index contributed by atoms with van der Waals surface area (Å²) in [5.41, 5.74) is 1.76. The smallest absolute Gasteiger partial charge is 0.274 e. The molecule has 0 aliphatic rings. The minimum absolute atomic E-state index is 0.211. The molecule has 0 aliphatic carbocycles. The van der Waals surface area contributed by atoms with Crippen LogP contribution in [0.1, 0.15) is 27.8 Å². The fraction of sp³-hybridized carbons (Fsp3) is 0.0625. The van der Waals surface area contributed by atoms with Crippen LogP contribution in [0.2, 0.25) is 5.02 Å². The molecule has 2 aromatic heterocycles. The molecule has 0 bridgehead atoms. The molecule has 3 rings (SSSR count). The first-order valence-electron chi connectivity index (χ1n) is 6.61. The van der Waals surface area contributed by atoms with Crippen molar-refractivity contribution in [2.75, 3.05) is 0 Å². The largest absolute Gasteiger partial charge is 0.364 e. The molecule has 0 radical (unpaired) electrons. The molecule has 0 saturated carbocycles. The van der Waals surface area contributed by atoms with Crippen LogP contribution in [0.4, 0.5) is 0 Å². The molecule has 0 spiro atoms. The van der Waals surface area contributed by atoms with Gasteiger partial charge in [-0.15, -0.1) is 0 Å². The maximum Gasteiger partial charge on any atom is 0.274 e. The molecule has 0 aliphatic heterocycles. The van der Waals surface area contributed by atoms with Gasteiger partial charge in [-0.05, 0) is 29.8 Å². The molecule has 1 atom stereocenters. The summed E-state index contributed by atoms with van der Waals surface area (Å²) in [6.45, 7) is 0. The standard InChI is InChI=1S/C16H12ClN3O2/c17-12-5-3-4-11(10-12)15(13-6-1-2-8-18-13)19-16(21)14-7-9-22-20-14/h1-10,15H,(H,19,21). The van der Waals surface area contributed by atoms with Crippen LogP contribution in [0.15, 0.2) is 65.5 Å². The van der Waals surface area contributed by atoms with Crippen molar-refractivity contribution in [2.45, 2.75) is 6.04 Å². The predicted octanol–water partition coefficient (Wildman–Crippen LogP) is 3.24. The summed E-state index contributed by atoms with van der Waals surface area (Å²) >= 11 is 6.05. The number of hydrogen-bond donors (Lipinski definition) is 1. The number of pyridine rings is 1. The number of carbonyl (C=O) groups is 1. The van der Waals surface area contributed by atoms with Crippen LogP contribution in [0.25, 0.3) is 0 Å². The van der Waals surface area contributed by atoms with E-state index in [9.17, 15) is 4.79 Å². The van der Waals surface area contributed by atoms with Gasteiger partial charge in [0.05, 0.1) is 11.7 Å². The van der Waals surface area contributed by atoms with Gasteiger partial charge in [0.15, 0.2) is 5.69 Å². The SMILES string of the molecule is O=C(NC(c1cccc(Cl)c1)c1ccccn1)c1ccon1. The highest BCUT2D eigenvalue weighted by Gasteiger charge is 2.20. The van der Waals surface area contributed by atoms with Gasteiger partial charge in [0, 0.05) is 17.3 Å². The molecule has 1 amide bonds. The maximum absolute atomic E-state index is 12.3. The fourth-order valence-corrected chi connectivity index (χ4v) is 2.29. The summed E-state index contributed by atoms with van der Waals surface area (Å²) in [6, 6.07) is 13.9. The lowest BCUT2D eigenvalue weighted by molar-refractivity contribution is 0.0933. The highest BCUT2D eigenvalue weighted by Crippen LogP contribution is 2.23. The third kappa shape index (κ3) is 3.15. The Kier molecular flexibility index (Phi) is 4.16. The predicted molar refractivity (Wildman–Crippen MR) is 81.5 cm³/mol. The molecule has 1 unspecified atom stereocenters. The van der Waals surface area contributed by atoms with Crippen molar-refractivity contribution >= 4 is 17.5 Å². The molecule has 3 aromatic rings. The second kappa shape index (κ2) is 6.41. The van der Waals surface area contributed by atoms with Crippen LogP contribution in [0.3, 0.4) is 0 Å². The van der Waals surface area contributed by atoms with Crippen LogP contribution in [-0.4, -0.2) is 16.0 Å². The lowest BCUT2D eigenvalue weighted by atomic mass is 10.0. The van der Waals surface area contributed by atoms with E-state index in [4.69, 9.17) is 16.1 Å². The van der Waals surface area contributed by atoms with Crippen LogP contribution in [0.5, 0.6) is 0 Å². The first-order chi connectivity index (χ1) is 10.7. The molecule has 1 aromatic carbocycles. The van der Waals surface area contributed by atoms with Crippen molar-refractivity contribution in [3.05, 3.63) is 83.0 Å². The van der Waals surface area contributed by atoms with E-state index in [-0.39, 0.29) is 11.6 Å². The zero-order chi connectivity index (χ0) is 15.4. The molecule has 1 N–H and O–H groups in total. The van der Waals surface area contributed by atoms with E-state index >= 15 is 0 Å². The van der Waals surface area contributed by atoms with Crippen LogP contribution in [0, 0.1) is 0 Å². The molecule has 110 valence electrons. The highest BCUT2D eigenvalue weighted by atomic mass is 35.5. The number of nitrogens with zero attached hydrogens (tertiary/aromatic N) is 2. The van der Waals surface area contributed by atoms with Gasteiger partial charge in [0.2, 0.25) is 0 Å². The number of amides is 1. The van der Waals surface area contributed by atoms with Crippen molar-refractivity contribution in [3.8, 4) is 0 Å². The molecular formula is C16H12ClN3O2. The summed E-state index contributed by atoms with van der Waals surface area (Å²) in [6.07, 6.45) is 3.03. The van der Waals surface area contributed by atoms with E-state index in [1.165, 1.54) is 12.3 Å². The molecule has 0 saturated heterocycles. The molecule has 2 heterocycles. The number of aromatic nitrogens is 2. The Hall–Kier alpha value is -2.66.